The van der Waals surface area contributed by atoms with Gasteiger partial charge in [-0.15, -0.1) is 11.6 Å². The lowest BCUT2D eigenvalue weighted by atomic mass is 9.98. The van der Waals surface area contributed by atoms with E-state index in [-0.39, 0.29) is 11.3 Å². The largest absolute Gasteiger partial charge is 0.338 e. The van der Waals surface area contributed by atoms with Gasteiger partial charge in [0, 0.05) is 30.4 Å². The first-order valence-electron chi connectivity index (χ1n) is 5.94. The second-order valence-electron chi connectivity index (χ2n) is 4.67. The zero-order valence-electron chi connectivity index (χ0n) is 10.2. The summed E-state index contributed by atoms with van der Waals surface area (Å²) in [5.74, 6) is 0.428. The summed E-state index contributed by atoms with van der Waals surface area (Å²) >= 11 is 6.16. The van der Waals surface area contributed by atoms with Gasteiger partial charge in [-0.3, -0.25) is 9.78 Å². The maximum Gasteiger partial charge on any atom is 0.255 e. The van der Waals surface area contributed by atoms with Crippen LogP contribution in [0.5, 0.6) is 0 Å². The number of hydrogen-bond donors (Lipinski definition) is 0. The van der Waals surface area contributed by atoms with Crippen molar-refractivity contribution in [1.82, 2.24) is 9.88 Å². The number of carbonyl (C=O) groups excluding carboxylic acids is 1. The molecule has 0 aliphatic carbocycles. The van der Waals surface area contributed by atoms with Crippen LogP contribution in [0.25, 0.3) is 0 Å². The molecule has 0 saturated carbocycles. The summed E-state index contributed by atoms with van der Waals surface area (Å²) in [5, 5.41) is 0.189. The van der Waals surface area contributed by atoms with Crippen LogP contribution >= 0.6 is 11.6 Å². The van der Waals surface area contributed by atoms with Gasteiger partial charge >= 0.3 is 0 Å². The summed E-state index contributed by atoms with van der Waals surface area (Å²) in [6.45, 7) is 5.44. The molecule has 17 heavy (non-hydrogen) atoms. The Morgan fingerprint density at radius 3 is 3.00 bits per heavy atom. The van der Waals surface area contributed by atoms with Crippen LogP contribution in [-0.4, -0.2) is 34.3 Å². The second-order valence-corrected chi connectivity index (χ2v) is 5.23. The Bertz CT molecular complexity index is 422. The SMILES string of the molecule is Cc1ncccc1C(=O)N1CCC(Cl)C(C)C1. The van der Waals surface area contributed by atoms with Gasteiger partial charge in [-0.2, -0.15) is 0 Å². The molecule has 0 spiro atoms. The molecule has 0 N–H and O–H groups in total. The van der Waals surface area contributed by atoms with Gasteiger partial charge in [0.15, 0.2) is 0 Å². The third-order valence-corrected chi connectivity index (χ3v) is 3.97. The van der Waals surface area contributed by atoms with Gasteiger partial charge in [0.1, 0.15) is 0 Å². The minimum atomic E-state index is 0.0750. The van der Waals surface area contributed by atoms with Gasteiger partial charge in [-0.25, -0.2) is 0 Å². The Balaban J connectivity index is 2.14. The maximum absolute atomic E-state index is 12.3. The number of hydrogen-bond acceptors (Lipinski definition) is 2. The number of carbonyl (C=O) groups is 1. The summed E-state index contributed by atoms with van der Waals surface area (Å²) in [5.41, 5.74) is 1.49. The number of piperidine rings is 1. The van der Waals surface area contributed by atoms with Crippen LogP contribution in [0.4, 0.5) is 0 Å². The first kappa shape index (κ1) is 12.4. The Kier molecular flexibility index (Phi) is 3.67. The molecule has 2 unspecified atom stereocenters. The van der Waals surface area contributed by atoms with Gasteiger partial charge in [0.05, 0.1) is 5.56 Å². The van der Waals surface area contributed by atoms with Gasteiger partial charge in [0.25, 0.3) is 5.91 Å². The highest BCUT2D eigenvalue weighted by atomic mass is 35.5. The molecule has 1 aliphatic heterocycles. The fourth-order valence-corrected chi connectivity index (χ4v) is 2.36. The molecule has 1 aromatic heterocycles. The standard InChI is InChI=1S/C13H17ClN2O/c1-9-8-16(7-5-12(9)14)13(17)11-4-3-6-15-10(11)2/h3-4,6,9,12H,5,7-8H2,1-2H3. The van der Waals surface area contributed by atoms with Gasteiger partial charge in [0.2, 0.25) is 0 Å². The van der Waals surface area contributed by atoms with E-state index in [1.165, 1.54) is 0 Å². The first-order chi connectivity index (χ1) is 8.09. The van der Waals surface area contributed by atoms with Gasteiger partial charge in [-0.05, 0) is 31.4 Å². The number of rotatable bonds is 1. The van der Waals surface area contributed by atoms with E-state index in [9.17, 15) is 4.79 Å². The molecule has 2 rings (SSSR count). The molecule has 1 aliphatic rings. The van der Waals surface area contributed by atoms with E-state index in [2.05, 4.69) is 11.9 Å². The van der Waals surface area contributed by atoms with E-state index in [0.29, 0.717) is 11.5 Å². The van der Waals surface area contributed by atoms with E-state index < -0.39 is 0 Å². The lowest BCUT2D eigenvalue weighted by molar-refractivity contribution is 0.0685. The fraction of sp³-hybridized carbons (Fsp3) is 0.538. The zero-order valence-corrected chi connectivity index (χ0v) is 10.9. The Morgan fingerprint density at radius 2 is 2.35 bits per heavy atom. The Labute approximate surface area is 107 Å². The monoisotopic (exact) mass is 252 g/mol. The van der Waals surface area contributed by atoms with Gasteiger partial charge < -0.3 is 4.90 Å². The van der Waals surface area contributed by atoms with Crippen molar-refractivity contribution in [3.63, 3.8) is 0 Å². The van der Waals surface area contributed by atoms with Crippen LogP contribution < -0.4 is 0 Å². The predicted octanol–water partition coefficient (Wildman–Crippen LogP) is 2.48. The van der Waals surface area contributed by atoms with E-state index in [1.807, 2.05) is 17.9 Å². The highest BCUT2D eigenvalue weighted by molar-refractivity contribution is 6.20. The molecule has 4 heteroatoms. The summed E-state index contributed by atoms with van der Waals surface area (Å²) in [6.07, 6.45) is 2.58. The number of aromatic nitrogens is 1. The quantitative estimate of drug-likeness (QED) is 0.720. The lowest BCUT2D eigenvalue weighted by Gasteiger charge is -2.34. The van der Waals surface area contributed by atoms with Crippen molar-refractivity contribution in [2.24, 2.45) is 5.92 Å². The molecule has 0 radical (unpaired) electrons. The highest BCUT2D eigenvalue weighted by Crippen LogP contribution is 2.23. The summed E-state index contributed by atoms with van der Waals surface area (Å²) in [6, 6.07) is 3.64. The molecule has 1 aromatic rings. The van der Waals surface area contributed by atoms with E-state index in [4.69, 9.17) is 11.6 Å². The topological polar surface area (TPSA) is 33.2 Å². The minimum Gasteiger partial charge on any atom is -0.338 e. The Hall–Kier alpha value is -1.09. The molecule has 1 amide bonds. The van der Waals surface area contributed by atoms with Crippen LogP contribution in [0.15, 0.2) is 18.3 Å². The number of halogens is 1. The molecule has 1 saturated heterocycles. The summed E-state index contributed by atoms with van der Waals surface area (Å²) in [7, 11) is 0. The summed E-state index contributed by atoms with van der Waals surface area (Å²) in [4.78, 5) is 18.4. The molecule has 92 valence electrons. The van der Waals surface area contributed by atoms with E-state index in [1.54, 1.807) is 12.3 Å². The molecule has 3 nitrogen and oxygen atoms in total. The molecular formula is C13H17ClN2O. The molecular weight excluding hydrogens is 236 g/mol. The number of amides is 1. The highest BCUT2D eigenvalue weighted by Gasteiger charge is 2.28. The van der Waals surface area contributed by atoms with Crippen molar-refractivity contribution < 1.29 is 4.79 Å². The first-order valence-corrected chi connectivity index (χ1v) is 6.38. The van der Waals surface area contributed by atoms with Crippen LogP contribution in [0.1, 0.15) is 29.4 Å². The molecule has 0 bridgehead atoms. The van der Waals surface area contributed by atoms with Crippen molar-refractivity contribution in [1.29, 1.82) is 0 Å². The van der Waals surface area contributed by atoms with Crippen molar-refractivity contribution in [3.8, 4) is 0 Å². The van der Waals surface area contributed by atoms with Crippen LogP contribution in [0, 0.1) is 12.8 Å². The van der Waals surface area contributed by atoms with Crippen molar-refractivity contribution in [3.05, 3.63) is 29.6 Å². The van der Waals surface area contributed by atoms with Crippen LogP contribution in [-0.2, 0) is 0 Å². The zero-order chi connectivity index (χ0) is 12.4. The van der Waals surface area contributed by atoms with Crippen molar-refractivity contribution in [2.45, 2.75) is 25.6 Å². The Morgan fingerprint density at radius 1 is 1.59 bits per heavy atom. The number of likely N-dealkylation sites (tertiary alicyclic amines) is 1. The number of alkyl halides is 1. The number of pyridine rings is 1. The average molecular weight is 253 g/mol. The number of aryl methyl sites for hydroxylation is 1. The molecule has 2 heterocycles. The molecule has 1 fully saturated rings. The maximum atomic E-state index is 12.3. The normalized spacial score (nSPS) is 24.8. The van der Waals surface area contributed by atoms with E-state index in [0.717, 1.165) is 25.2 Å². The predicted molar refractivity (Wildman–Crippen MR) is 68.3 cm³/mol. The van der Waals surface area contributed by atoms with Crippen molar-refractivity contribution >= 4 is 17.5 Å². The lowest BCUT2D eigenvalue weighted by Crippen LogP contribution is -2.43. The second kappa shape index (κ2) is 5.05. The fourth-order valence-electron chi connectivity index (χ4n) is 2.18. The van der Waals surface area contributed by atoms with Gasteiger partial charge in [-0.1, -0.05) is 6.92 Å². The molecule has 2 atom stereocenters. The van der Waals surface area contributed by atoms with Crippen LogP contribution in [0.3, 0.4) is 0 Å². The van der Waals surface area contributed by atoms with Crippen LogP contribution in [0.2, 0.25) is 0 Å². The molecule has 0 aromatic carbocycles. The van der Waals surface area contributed by atoms with Crippen molar-refractivity contribution in [2.75, 3.05) is 13.1 Å². The number of nitrogens with zero attached hydrogens (tertiary/aromatic N) is 2. The third kappa shape index (κ3) is 2.60. The minimum absolute atomic E-state index is 0.0750. The smallest absolute Gasteiger partial charge is 0.255 e. The average Bonchev–Trinajstić information content (AvgIpc) is 2.32. The van der Waals surface area contributed by atoms with E-state index >= 15 is 0 Å². The summed E-state index contributed by atoms with van der Waals surface area (Å²) < 4.78 is 0. The third-order valence-electron chi connectivity index (χ3n) is 3.33.